The van der Waals surface area contributed by atoms with Gasteiger partial charge < -0.3 is 40.5 Å². The predicted octanol–water partition coefficient (Wildman–Crippen LogP) is 9.87. The maximum atomic E-state index is 13.2. The van der Waals surface area contributed by atoms with Crippen molar-refractivity contribution in [3.8, 4) is 0 Å². The highest BCUT2D eigenvalue weighted by molar-refractivity contribution is 8.00. The van der Waals surface area contributed by atoms with E-state index in [9.17, 15) is 34.1 Å². The molecule has 6 atom stereocenters. The Balaban J connectivity index is 5.20. The van der Waals surface area contributed by atoms with E-state index in [2.05, 4.69) is 91.3 Å². The number of carbonyl (C=O) groups excluding carboxylic acids is 2. The van der Waals surface area contributed by atoms with Crippen LogP contribution in [0, 0.1) is 0 Å². The highest BCUT2D eigenvalue weighted by Gasteiger charge is 2.29. The van der Waals surface area contributed by atoms with Crippen LogP contribution in [0.3, 0.4) is 0 Å². The Labute approximate surface area is 405 Å². The summed E-state index contributed by atoms with van der Waals surface area (Å²) in [6.45, 7) is 1.60. The molecule has 380 valence electrons. The minimum atomic E-state index is -4.80. The van der Waals surface area contributed by atoms with Gasteiger partial charge in [-0.1, -0.05) is 142 Å². The molecule has 0 spiro atoms. The SMILES string of the molecule is CC/C=C\C/C=C\C/C=C\C/C=C\C/C=C\CCCCCC(=O)OC[C@H](COP(=O)(O)OC[C@@H](O)CO)OC(=O)[C@@H](N)CS[C@H](/C=C/C=C/C=C\C/C=C\CCCCC)[C@@H](O)CCCC(=O)O. The molecule has 0 aliphatic carbocycles. The van der Waals surface area contributed by atoms with Gasteiger partial charge in [0.25, 0.3) is 0 Å². The molecule has 0 bridgehead atoms. The van der Waals surface area contributed by atoms with E-state index >= 15 is 0 Å². The first-order chi connectivity index (χ1) is 32.3. The van der Waals surface area contributed by atoms with Crippen LogP contribution in [0.25, 0.3) is 0 Å². The number of phosphoric ester groups is 1. The first kappa shape index (κ1) is 63.4. The molecule has 0 aromatic heterocycles. The van der Waals surface area contributed by atoms with E-state index in [1.54, 1.807) is 18.2 Å². The van der Waals surface area contributed by atoms with Crippen molar-refractivity contribution < 1.29 is 62.8 Å². The van der Waals surface area contributed by atoms with Crippen LogP contribution < -0.4 is 5.73 Å². The zero-order chi connectivity index (χ0) is 49.6. The maximum absolute atomic E-state index is 13.2. The van der Waals surface area contributed by atoms with Gasteiger partial charge in [-0.25, -0.2) is 4.57 Å². The number of rotatable bonds is 43. The standard InChI is InChI=1S/C51H82NO13PS/c1-3-5-7-9-11-13-15-17-18-19-20-21-22-23-25-27-29-31-33-38-50(58)62-41-45(42-64-66(60,61)63-40-44(54)39-53)65-51(59)46(52)43-67-48(47(55)35-34-37-49(56)57)36-32-30-28-26-24-16-14-12-10-8-6-4-2/h5,7,11-14,17-18,20-21,23-26,28,30,32,36,44-48,53-55H,3-4,6,8-10,15-16,19,22,27,29,31,33-35,37-43,52H2,1-2H3,(H,56,57)(H,60,61)/b7-5-,13-11-,14-12-,18-17-,21-20-,25-23-,26-24-,30-28+,36-32+/t44-,45+,46-,47-,48+/m0/s1. The van der Waals surface area contributed by atoms with Crippen LogP contribution in [-0.2, 0) is 37.5 Å². The summed E-state index contributed by atoms with van der Waals surface area (Å²) in [5.74, 6) is -2.53. The molecule has 0 aliphatic heterocycles. The van der Waals surface area contributed by atoms with Gasteiger partial charge in [0.1, 0.15) is 18.8 Å². The van der Waals surface area contributed by atoms with Gasteiger partial charge in [0, 0.05) is 23.8 Å². The molecule has 1 unspecified atom stereocenters. The van der Waals surface area contributed by atoms with Gasteiger partial charge in [-0.3, -0.25) is 23.4 Å². The van der Waals surface area contributed by atoms with Crippen LogP contribution in [0.15, 0.2) is 109 Å². The third-order valence-electron chi connectivity index (χ3n) is 9.41. The van der Waals surface area contributed by atoms with Crippen LogP contribution in [0.2, 0.25) is 0 Å². The average molecular weight is 980 g/mol. The van der Waals surface area contributed by atoms with Gasteiger partial charge in [-0.2, -0.15) is 0 Å². The fraction of sp³-hybridized carbons (Fsp3) is 0.588. The van der Waals surface area contributed by atoms with Gasteiger partial charge in [-0.05, 0) is 83.5 Å². The van der Waals surface area contributed by atoms with E-state index in [1.165, 1.54) is 19.3 Å². The van der Waals surface area contributed by atoms with Crippen molar-refractivity contribution >= 4 is 37.5 Å². The first-order valence-corrected chi connectivity index (χ1v) is 26.3. The number of ether oxygens (including phenoxy) is 2. The number of aliphatic hydroxyl groups is 3. The molecule has 0 radical (unpaired) electrons. The smallest absolute Gasteiger partial charge is 0.472 e. The van der Waals surface area contributed by atoms with Crippen LogP contribution in [0.5, 0.6) is 0 Å². The monoisotopic (exact) mass is 980 g/mol. The fourth-order valence-corrected chi connectivity index (χ4v) is 7.53. The summed E-state index contributed by atoms with van der Waals surface area (Å²) in [5.41, 5.74) is 6.19. The summed E-state index contributed by atoms with van der Waals surface area (Å²) in [4.78, 5) is 46.9. The van der Waals surface area contributed by atoms with Crippen LogP contribution in [0.1, 0.15) is 129 Å². The number of allylic oxidation sites excluding steroid dienone is 17. The number of aliphatic hydroxyl groups excluding tert-OH is 3. The number of aliphatic carboxylic acids is 1. The molecule has 0 heterocycles. The average Bonchev–Trinajstić information content (AvgIpc) is 3.30. The quantitative estimate of drug-likeness (QED) is 0.0110. The Morgan fingerprint density at radius 3 is 1.84 bits per heavy atom. The van der Waals surface area contributed by atoms with E-state index in [0.717, 1.165) is 76.0 Å². The lowest BCUT2D eigenvalue weighted by Gasteiger charge is -2.23. The molecule has 0 aliphatic rings. The lowest BCUT2D eigenvalue weighted by Crippen LogP contribution is -2.40. The zero-order valence-electron chi connectivity index (χ0n) is 40.0. The normalized spacial score (nSPS) is 15.9. The topological polar surface area (TPSA) is 232 Å². The van der Waals surface area contributed by atoms with Crippen molar-refractivity contribution in [2.24, 2.45) is 5.73 Å². The molecule has 0 rings (SSSR count). The Kier molecular flexibility index (Phi) is 42.4. The highest BCUT2D eigenvalue weighted by Crippen LogP contribution is 2.43. The van der Waals surface area contributed by atoms with Crippen molar-refractivity contribution in [3.05, 3.63) is 109 Å². The summed E-state index contributed by atoms with van der Waals surface area (Å²) >= 11 is 1.16. The third-order valence-corrected chi connectivity index (χ3v) is 11.8. The lowest BCUT2D eigenvalue weighted by molar-refractivity contribution is -0.161. The summed E-state index contributed by atoms with van der Waals surface area (Å²) in [7, 11) is -4.80. The largest absolute Gasteiger partial charge is 0.481 e. The second kappa shape index (κ2) is 44.9. The number of nitrogens with two attached hydrogens (primary N) is 1. The van der Waals surface area contributed by atoms with Crippen molar-refractivity contribution in [2.45, 2.75) is 159 Å². The number of hydrogen-bond donors (Lipinski definition) is 6. The van der Waals surface area contributed by atoms with E-state index in [-0.39, 0.29) is 31.4 Å². The first-order valence-electron chi connectivity index (χ1n) is 23.8. The van der Waals surface area contributed by atoms with Crippen LogP contribution in [-0.4, -0.2) is 105 Å². The van der Waals surface area contributed by atoms with Crippen LogP contribution >= 0.6 is 19.6 Å². The molecule has 0 fully saturated rings. The Morgan fingerprint density at radius 2 is 1.24 bits per heavy atom. The number of carbonyl (C=O) groups is 3. The van der Waals surface area contributed by atoms with Gasteiger partial charge >= 0.3 is 25.7 Å². The minimum absolute atomic E-state index is 0.0360. The molecule has 7 N–H and O–H groups in total. The number of carboxylic acids is 1. The van der Waals surface area contributed by atoms with E-state index < -0.39 is 81.8 Å². The second-order valence-corrected chi connectivity index (χ2v) is 18.3. The van der Waals surface area contributed by atoms with Gasteiger partial charge in [-0.15, -0.1) is 11.8 Å². The zero-order valence-corrected chi connectivity index (χ0v) is 41.7. The number of esters is 2. The van der Waals surface area contributed by atoms with E-state index in [0.29, 0.717) is 6.42 Å². The molecular weight excluding hydrogens is 898 g/mol. The molecular formula is C51H82NO13PS. The summed E-state index contributed by atoms with van der Waals surface area (Å²) in [5, 5.41) is 37.9. The van der Waals surface area contributed by atoms with E-state index in [1.807, 2.05) is 18.2 Å². The van der Waals surface area contributed by atoms with E-state index in [4.69, 9.17) is 29.9 Å². The van der Waals surface area contributed by atoms with Crippen molar-refractivity contribution in [2.75, 3.05) is 32.2 Å². The maximum Gasteiger partial charge on any atom is 0.472 e. The molecule has 14 nitrogen and oxygen atoms in total. The van der Waals surface area contributed by atoms with Gasteiger partial charge in [0.05, 0.1) is 25.9 Å². The number of hydrogen-bond acceptors (Lipinski definition) is 13. The van der Waals surface area contributed by atoms with Gasteiger partial charge in [0.15, 0.2) is 6.10 Å². The lowest BCUT2D eigenvalue weighted by atomic mass is 10.1. The van der Waals surface area contributed by atoms with Gasteiger partial charge in [0.2, 0.25) is 0 Å². The number of carboxylic acid groups (broad SMARTS) is 1. The predicted molar refractivity (Wildman–Crippen MR) is 270 cm³/mol. The van der Waals surface area contributed by atoms with Crippen LogP contribution in [0.4, 0.5) is 0 Å². The van der Waals surface area contributed by atoms with Crippen molar-refractivity contribution in [1.29, 1.82) is 0 Å². The van der Waals surface area contributed by atoms with Crippen molar-refractivity contribution in [3.63, 3.8) is 0 Å². The molecule has 16 heteroatoms. The Morgan fingerprint density at radius 1 is 0.672 bits per heavy atom. The molecule has 0 saturated heterocycles. The Hall–Kier alpha value is -3.63. The third kappa shape index (κ3) is 42.2. The fourth-order valence-electron chi connectivity index (χ4n) is 5.62. The highest BCUT2D eigenvalue weighted by atomic mass is 32.2. The molecule has 0 saturated carbocycles. The Bertz CT molecular complexity index is 1610. The minimum Gasteiger partial charge on any atom is -0.481 e. The summed E-state index contributed by atoms with van der Waals surface area (Å²) in [6, 6.07) is -1.25. The molecule has 0 aromatic carbocycles. The molecule has 0 amide bonds. The molecule has 0 aromatic rings. The number of phosphoric acid groups is 1. The second-order valence-electron chi connectivity index (χ2n) is 15.6. The van der Waals surface area contributed by atoms with Crippen molar-refractivity contribution in [1.82, 2.24) is 0 Å². The summed E-state index contributed by atoms with van der Waals surface area (Å²) < 4.78 is 32.9. The number of unbranched alkanes of at least 4 members (excludes halogenated alkanes) is 6. The molecule has 67 heavy (non-hydrogen) atoms. The summed E-state index contributed by atoms with van der Waals surface area (Å²) in [6.07, 6.45) is 46.7. The number of thioether (sulfide) groups is 1.